The number of carbonyl (C=O) groups is 4. The lowest BCUT2D eigenvalue weighted by molar-refractivity contribution is -0.165. The second kappa shape index (κ2) is 24.6. The van der Waals surface area contributed by atoms with Crippen LogP contribution < -0.4 is 9.47 Å². The number of methoxy groups -OCH3 is 2. The Balaban J connectivity index is 0.000000171. The standard InChI is InChI=1S/2C28H33N3O2.C4H6O6/c2*1-4-30(5-2)28(32)21-15-24-23-7-6-8-25-27(23)20(17-29-25)16-26(24)31(18-21)14-13-19-9-11-22(33-3)12-10-19;5-1(3(7)8)2(6)4(9)10/h2*6-12,15,17,21,26,29H,4-5,13-14,16,18H2,1-3H3;1-2,5-6H,(H,7,8)(H,9,10)/t2*21-,26-;/m11./s1. The lowest BCUT2D eigenvalue weighted by Crippen LogP contribution is -2.49. The Labute approximate surface area is 444 Å². The first kappa shape index (κ1) is 55.0. The zero-order chi connectivity index (χ0) is 54.2. The number of H-pyrrole nitrogens is 2. The van der Waals surface area contributed by atoms with E-state index in [0.29, 0.717) is 12.1 Å². The summed E-state index contributed by atoms with van der Waals surface area (Å²) < 4.78 is 10.6. The molecule has 0 radical (unpaired) electrons. The number of aliphatic hydroxyl groups excluding tert-OH is 2. The number of ether oxygens (including phenoxy) is 2. The van der Waals surface area contributed by atoms with Gasteiger partial charge in [0.1, 0.15) is 11.5 Å². The molecule has 0 saturated heterocycles. The van der Waals surface area contributed by atoms with Gasteiger partial charge in [-0.2, -0.15) is 0 Å². The molecule has 2 aromatic heterocycles. The van der Waals surface area contributed by atoms with Crippen molar-refractivity contribution in [1.29, 1.82) is 0 Å². The van der Waals surface area contributed by atoms with E-state index in [2.05, 4.69) is 133 Å². The fraction of sp³-hybridized carbons (Fsp3) is 0.400. The second-order valence-electron chi connectivity index (χ2n) is 19.8. The van der Waals surface area contributed by atoms with E-state index in [1.807, 2.05) is 34.1 Å². The molecule has 76 heavy (non-hydrogen) atoms. The number of fused-ring (bicyclic) bond motifs is 4. The van der Waals surface area contributed by atoms with Gasteiger partial charge in [-0.25, -0.2) is 9.59 Å². The van der Waals surface area contributed by atoms with Gasteiger partial charge in [-0.1, -0.05) is 60.7 Å². The highest BCUT2D eigenvalue weighted by molar-refractivity contribution is 6.00. The second-order valence-corrected chi connectivity index (χ2v) is 19.8. The third kappa shape index (κ3) is 11.7. The zero-order valence-corrected chi connectivity index (χ0v) is 44.4. The molecule has 0 saturated carbocycles. The van der Waals surface area contributed by atoms with Crippen molar-refractivity contribution in [2.45, 2.75) is 77.7 Å². The number of carbonyl (C=O) groups excluding carboxylic acids is 2. The van der Waals surface area contributed by atoms with Crippen LogP contribution in [0, 0.1) is 11.8 Å². The SMILES string of the molecule is CCN(CC)C(=O)[C@@H]1C=C2c3cccc4[nH]cc(c34)C[C@H]2N(CCc2ccc(OC)cc2)C1.CCN(CC)C(=O)[C@@H]1C=C2c3cccc4[nH]cc(c34)C[C@H]2N(CCc2ccc(OC)cc2)C1.O=C(O)C(O)C(O)C(=O)O. The topological polar surface area (TPSA) is 212 Å². The summed E-state index contributed by atoms with van der Waals surface area (Å²) >= 11 is 0. The molecule has 2 aliphatic carbocycles. The molecule has 402 valence electrons. The number of hydrogen-bond donors (Lipinski definition) is 6. The average Bonchev–Trinajstić information content (AvgIpc) is 4.10. The Morgan fingerprint density at radius 2 is 0.947 bits per heavy atom. The van der Waals surface area contributed by atoms with E-state index in [0.717, 1.165) is 89.5 Å². The van der Waals surface area contributed by atoms with E-state index in [4.69, 9.17) is 29.9 Å². The van der Waals surface area contributed by atoms with Gasteiger partial charge in [-0.15, -0.1) is 0 Å². The van der Waals surface area contributed by atoms with Crippen molar-refractivity contribution in [3.63, 3.8) is 0 Å². The van der Waals surface area contributed by atoms with E-state index in [-0.39, 0.29) is 23.7 Å². The first-order valence-corrected chi connectivity index (χ1v) is 26.5. The van der Waals surface area contributed by atoms with Crippen LogP contribution in [0.5, 0.6) is 11.5 Å². The molecular formula is C60H72N6O10. The van der Waals surface area contributed by atoms with Crippen LogP contribution in [-0.2, 0) is 44.9 Å². The summed E-state index contributed by atoms with van der Waals surface area (Å²) in [5.41, 5.74) is 12.9. The van der Waals surface area contributed by atoms with E-state index in [9.17, 15) is 19.2 Å². The van der Waals surface area contributed by atoms with Crippen LogP contribution in [-0.4, -0.2) is 165 Å². The maximum absolute atomic E-state index is 13.4. The van der Waals surface area contributed by atoms with Gasteiger partial charge in [0.2, 0.25) is 11.8 Å². The van der Waals surface area contributed by atoms with Crippen LogP contribution in [0.1, 0.15) is 61.1 Å². The van der Waals surface area contributed by atoms with Crippen molar-refractivity contribution in [3.05, 3.63) is 143 Å². The molecule has 2 aliphatic heterocycles. The first-order chi connectivity index (χ1) is 36.7. The molecule has 10 rings (SSSR count). The summed E-state index contributed by atoms with van der Waals surface area (Å²) in [6.45, 7) is 14.7. The summed E-state index contributed by atoms with van der Waals surface area (Å²) in [7, 11) is 3.39. The largest absolute Gasteiger partial charge is 0.497 e. The normalized spacial score (nSPS) is 19.3. The van der Waals surface area contributed by atoms with Crippen LogP contribution in [0.25, 0.3) is 33.0 Å². The fourth-order valence-electron chi connectivity index (χ4n) is 11.4. The van der Waals surface area contributed by atoms with E-state index >= 15 is 0 Å². The van der Waals surface area contributed by atoms with Crippen molar-refractivity contribution in [1.82, 2.24) is 29.6 Å². The van der Waals surface area contributed by atoms with Crippen LogP contribution in [0.2, 0.25) is 0 Å². The highest BCUT2D eigenvalue weighted by atomic mass is 16.5. The van der Waals surface area contributed by atoms with Crippen LogP contribution >= 0.6 is 0 Å². The maximum Gasteiger partial charge on any atom is 0.335 e. The van der Waals surface area contributed by atoms with Crippen LogP contribution in [0.15, 0.2) is 109 Å². The van der Waals surface area contributed by atoms with Gasteiger partial charge >= 0.3 is 11.9 Å². The summed E-state index contributed by atoms with van der Waals surface area (Å²) in [6, 6.07) is 30.3. The Morgan fingerprint density at radius 1 is 0.579 bits per heavy atom. The predicted molar refractivity (Wildman–Crippen MR) is 294 cm³/mol. The highest BCUT2D eigenvalue weighted by Gasteiger charge is 2.40. The molecule has 4 aromatic carbocycles. The smallest absolute Gasteiger partial charge is 0.335 e. The van der Waals surface area contributed by atoms with Gasteiger partial charge in [0, 0.05) is 98.6 Å². The number of nitrogens with zero attached hydrogens (tertiary/aromatic N) is 4. The van der Waals surface area contributed by atoms with Gasteiger partial charge in [0.05, 0.1) is 26.1 Å². The molecule has 6 atom stereocenters. The number of carboxylic acids is 2. The number of carboxylic acid groups (broad SMARTS) is 2. The summed E-state index contributed by atoms with van der Waals surface area (Å²) in [6.07, 6.45) is 8.22. The van der Waals surface area contributed by atoms with Crippen molar-refractivity contribution in [2.75, 3.05) is 66.6 Å². The Morgan fingerprint density at radius 3 is 1.28 bits per heavy atom. The Hall–Kier alpha value is -7.24. The summed E-state index contributed by atoms with van der Waals surface area (Å²) in [4.78, 5) is 62.3. The van der Waals surface area contributed by atoms with E-state index in [1.54, 1.807) is 14.2 Å². The van der Waals surface area contributed by atoms with Gasteiger partial charge < -0.3 is 49.7 Å². The number of aliphatic hydroxyl groups is 2. The van der Waals surface area contributed by atoms with E-state index in [1.165, 1.54) is 66.3 Å². The van der Waals surface area contributed by atoms with Crippen molar-refractivity contribution < 1.29 is 49.1 Å². The number of aromatic nitrogens is 2. The van der Waals surface area contributed by atoms with Gasteiger partial charge in [0.15, 0.2) is 12.2 Å². The van der Waals surface area contributed by atoms with Crippen LogP contribution in [0.4, 0.5) is 0 Å². The molecule has 4 heterocycles. The molecule has 4 aliphatic rings. The summed E-state index contributed by atoms with van der Waals surface area (Å²) in [5.74, 6) is -1.51. The molecule has 0 bridgehead atoms. The number of aromatic amines is 2. The number of nitrogens with one attached hydrogen (secondary N) is 2. The fourth-order valence-corrected chi connectivity index (χ4v) is 11.4. The molecule has 2 unspecified atom stereocenters. The molecular weight excluding hydrogens is 965 g/mol. The Kier molecular flexibility index (Phi) is 17.8. The quantitative estimate of drug-likeness (QED) is 0.0549. The summed E-state index contributed by atoms with van der Waals surface area (Å²) in [5, 5.41) is 35.2. The maximum atomic E-state index is 13.4. The predicted octanol–water partition coefficient (Wildman–Crippen LogP) is 6.93. The molecule has 16 heteroatoms. The zero-order valence-electron chi connectivity index (χ0n) is 44.4. The molecule has 0 fully saturated rings. The van der Waals surface area contributed by atoms with Crippen molar-refractivity contribution in [2.24, 2.45) is 11.8 Å². The van der Waals surface area contributed by atoms with Crippen LogP contribution in [0.3, 0.4) is 0 Å². The first-order valence-electron chi connectivity index (χ1n) is 26.5. The monoisotopic (exact) mass is 1040 g/mol. The number of amides is 2. The molecule has 16 nitrogen and oxygen atoms in total. The third-order valence-electron chi connectivity index (χ3n) is 15.5. The van der Waals surface area contributed by atoms with Crippen molar-refractivity contribution >= 4 is 56.7 Å². The molecule has 6 aromatic rings. The minimum atomic E-state index is -2.27. The lowest BCUT2D eigenvalue weighted by atomic mass is 9.79. The number of benzene rings is 4. The number of aliphatic carboxylic acids is 2. The van der Waals surface area contributed by atoms with E-state index < -0.39 is 24.1 Å². The van der Waals surface area contributed by atoms with Crippen molar-refractivity contribution in [3.8, 4) is 11.5 Å². The Bertz CT molecular complexity index is 2860. The average molecular weight is 1040 g/mol. The van der Waals surface area contributed by atoms with Gasteiger partial charge in [-0.05, 0) is 134 Å². The number of rotatable bonds is 17. The minimum absolute atomic E-state index is 0.109. The molecule has 6 N–H and O–H groups in total. The van der Waals surface area contributed by atoms with Gasteiger partial charge in [-0.3, -0.25) is 19.4 Å². The number of hydrogen-bond acceptors (Lipinski definition) is 10. The minimum Gasteiger partial charge on any atom is -0.497 e. The highest BCUT2D eigenvalue weighted by Crippen LogP contribution is 2.43. The molecule has 0 spiro atoms. The third-order valence-corrected chi connectivity index (χ3v) is 15.5. The van der Waals surface area contributed by atoms with Gasteiger partial charge in [0.25, 0.3) is 0 Å². The molecule has 2 amide bonds. The lowest BCUT2D eigenvalue weighted by Gasteiger charge is -2.42.